The molecular weight excluding hydrogens is 306 g/mol. The third-order valence-corrected chi connectivity index (χ3v) is 2.64. The van der Waals surface area contributed by atoms with Crippen LogP contribution in [0, 0.1) is 0 Å². The van der Waals surface area contributed by atoms with Crippen molar-refractivity contribution < 1.29 is 23.4 Å². The number of hydrogen-bond acceptors (Lipinski definition) is 9. The molecule has 0 atom stereocenters. The summed E-state index contributed by atoms with van der Waals surface area (Å²) in [7, 11) is 2.68. The van der Waals surface area contributed by atoms with Gasteiger partial charge in [-0.1, -0.05) is 0 Å². The lowest BCUT2D eigenvalue weighted by molar-refractivity contribution is 0.0558. The van der Waals surface area contributed by atoms with Crippen molar-refractivity contribution in [1.82, 2.24) is 9.97 Å². The maximum Gasteiger partial charge on any atom is 0.381 e. The molecule has 2 rings (SSSR count). The fraction of sp³-hybridized carbons (Fsp3) is 0.286. The molecule has 0 aliphatic carbocycles. The van der Waals surface area contributed by atoms with Crippen molar-refractivity contribution in [1.29, 1.82) is 0 Å². The second-order valence-corrected chi connectivity index (χ2v) is 4.17. The van der Waals surface area contributed by atoms with Gasteiger partial charge in [0.2, 0.25) is 17.5 Å². The molecule has 0 saturated heterocycles. The molecule has 0 bridgehead atoms. The lowest BCUT2D eigenvalue weighted by atomic mass is 10.3. The Morgan fingerprint density at radius 2 is 2.00 bits per heavy atom. The number of esters is 1. The molecule has 0 fully saturated rings. The Bertz CT molecular complexity index is 716. The van der Waals surface area contributed by atoms with Gasteiger partial charge in [0.25, 0.3) is 0 Å². The zero-order valence-corrected chi connectivity index (χ0v) is 12.6. The number of ether oxygens (including phenoxy) is 3. The molecule has 0 spiro atoms. The Morgan fingerprint density at radius 3 is 2.65 bits per heavy atom. The van der Waals surface area contributed by atoms with Gasteiger partial charge in [-0.2, -0.15) is 0 Å². The van der Waals surface area contributed by atoms with E-state index in [2.05, 4.69) is 20.0 Å². The number of aromatic nitrogens is 2. The van der Waals surface area contributed by atoms with Crippen molar-refractivity contribution in [2.24, 2.45) is 0 Å². The molecule has 122 valence electrons. The molecule has 2 aromatic heterocycles. The first kappa shape index (κ1) is 16.4. The Balaban J connectivity index is 2.38. The molecular formula is C14H15N3O6. The maximum absolute atomic E-state index is 12.0. The van der Waals surface area contributed by atoms with Crippen LogP contribution in [0.4, 0.5) is 11.6 Å². The van der Waals surface area contributed by atoms with Gasteiger partial charge in [-0.05, 0) is 6.07 Å². The van der Waals surface area contributed by atoms with Gasteiger partial charge in [-0.3, -0.25) is 0 Å². The molecule has 2 aromatic rings. The van der Waals surface area contributed by atoms with Crippen LogP contribution in [0.25, 0.3) is 0 Å². The van der Waals surface area contributed by atoms with Crippen LogP contribution in [0.3, 0.4) is 0 Å². The molecule has 0 aromatic carbocycles. The number of nitrogens with zero attached hydrogens (tertiary/aromatic N) is 2. The van der Waals surface area contributed by atoms with Crippen LogP contribution in [0.5, 0.6) is 5.75 Å². The standard InChI is InChI=1S/C14H15N3O6/c1-20-6-7-22-11-9(17-14-15-4-3-5-16-14)8-10(12(18)21-2)23-13(11)19/h3-5,8H,6-7H2,1-2H3,(H,15,16,17). The third-order valence-electron chi connectivity index (χ3n) is 2.64. The molecule has 2 heterocycles. The van der Waals surface area contributed by atoms with Crippen LogP contribution in [0.2, 0.25) is 0 Å². The number of rotatable bonds is 7. The van der Waals surface area contributed by atoms with E-state index in [0.717, 1.165) is 0 Å². The third kappa shape index (κ3) is 4.27. The number of methoxy groups -OCH3 is 2. The largest absolute Gasteiger partial charge is 0.483 e. The van der Waals surface area contributed by atoms with E-state index in [-0.39, 0.29) is 36.4 Å². The molecule has 0 aliphatic heterocycles. The Labute approximate surface area is 131 Å². The predicted octanol–water partition coefficient (Wildman–Crippen LogP) is 0.985. The van der Waals surface area contributed by atoms with Crippen molar-refractivity contribution in [3.8, 4) is 5.75 Å². The smallest absolute Gasteiger partial charge is 0.381 e. The van der Waals surface area contributed by atoms with E-state index in [1.165, 1.54) is 32.7 Å². The molecule has 23 heavy (non-hydrogen) atoms. The van der Waals surface area contributed by atoms with Crippen LogP contribution in [-0.4, -0.2) is 43.4 Å². The monoisotopic (exact) mass is 321 g/mol. The molecule has 0 aliphatic rings. The van der Waals surface area contributed by atoms with Crippen molar-refractivity contribution in [2.75, 3.05) is 32.8 Å². The van der Waals surface area contributed by atoms with E-state index < -0.39 is 11.6 Å². The van der Waals surface area contributed by atoms with E-state index >= 15 is 0 Å². The van der Waals surface area contributed by atoms with Crippen molar-refractivity contribution >= 4 is 17.6 Å². The Morgan fingerprint density at radius 1 is 1.26 bits per heavy atom. The van der Waals surface area contributed by atoms with Crippen molar-refractivity contribution in [3.63, 3.8) is 0 Å². The fourth-order valence-corrected chi connectivity index (χ4v) is 1.62. The van der Waals surface area contributed by atoms with E-state index in [4.69, 9.17) is 13.9 Å². The topological polar surface area (TPSA) is 113 Å². The fourth-order valence-electron chi connectivity index (χ4n) is 1.62. The van der Waals surface area contributed by atoms with Gasteiger partial charge in [0, 0.05) is 25.6 Å². The molecule has 0 saturated carbocycles. The molecule has 9 heteroatoms. The van der Waals surface area contributed by atoms with Gasteiger partial charge < -0.3 is 23.9 Å². The van der Waals surface area contributed by atoms with Crippen LogP contribution in [0.1, 0.15) is 10.6 Å². The summed E-state index contributed by atoms with van der Waals surface area (Å²) in [6.45, 7) is 0.405. The zero-order chi connectivity index (χ0) is 16.7. The summed E-state index contributed by atoms with van der Waals surface area (Å²) in [5, 5.41) is 2.80. The molecule has 0 radical (unpaired) electrons. The number of carbonyl (C=O) groups excluding carboxylic acids is 1. The highest BCUT2D eigenvalue weighted by Crippen LogP contribution is 2.24. The second-order valence-electron chi connectivity index (χ2n) is 4.17. The van der Waals surface area contributed by atoms with Gasteiger partial charge >= 0.3 is 11.6 Å². The van der Waals surface area contributed by atoms with E-state index in [1.54, 1.807) is 6.07 Å². The minimum Gasteiger partial charge on any atom is -0.483 e. The normalized spacial score (nSPS) is 10.2. The highest BCUT2D eigenvalue weighted by Gasteiger charge is 2.19. The lowest BCUT2D eigenvalue weighted by Gasteiger charge is -2.11. The number of nitrogens with one attached hydrogen (secondary N) is 1. The zero-order valence-electron chi connectivity index (χ0n) is 12.6. The minimum atomic E-state index is -0.831. The van der Waals surface area contributed by atoms with E-state index in [0.29, 0.717) is 0 Å². The first-order valence-corrected chi connectivity index (χ1v) is 6.58. The van der Waals surface area contributed by atoms with Gasteiger partial charge in [0.15, 0.2) is 0 Å². The van der Waals surface area contributed by atoms with Gasteiger partial charge in [-0.15, -0.1) is 0 Å². The van der Waals surface area contributed by atoms with Crippen LogP contribution in [0.15, 0.2) is 33.7 Å². The van der Waals surface area contributed by atoms with Crippen LogP contribution < -0.4 is 15.7 Å². The average Bonchev–Trinajstić information content (AvgIpc) is 2.57. The number of anilines is 2. The highest BCUT2D eigenvalue weighted by atomic mass is 16.5. The first-order valence-electron chi connectivity index (χ1n) is 6.58. The minimum absolute atomic E-state index is 0.109. The Hall–Kier alpha value is -2.94. The highest BCUT2D eigenvalue weighted by molar-refractivity contribution is 5.87. The summed E-state index contributed by atoms with van der Waals surface area (Å²) in [4.78, 5) is 31.6. The molecule has 0 amide bonds. The van der Waals surface area contributed by atoms with Crippen LogP contribution in [-0.2, 0) is 9.47 Å². The lowest BCUT2D eigenvalue weighted by Crippen LogP contribution is -2.16. The molecule has 1 N–H and O–H groups in total. The summed E-state index contributed by atoms with van der Waals surface area (Å²) in [6, 6.07) is 2.92. The summed E-state index contributed by atoms with van der Waals surface area (Å²) < 4.78 is 19.6. The average molecular weight is 321 g/mol. The number of hydrogen-bond donors (Lipinski definition) is 1. The van der Waals surface area contributed by atoms with E-state index in [9.17, 15) is 9.59 Å². The first-order chi connectivity index (χ1) is 11.2. The number of carbonyl (C=O) groups is 1. The molecule has 0 unspecified atom stereocenters. The van der Waals surface area contributed by atoms with Gasteiger partial charge in [0.1, 0.15) is 6.61 Å². The van der Waals surface area contributed by atoms with E-state index in [1.807, 2.05) is 0 Å². The summed E-state index contributed by atoms with van der Waals surface area (Å²) in [5.41, 5.74) is -0.647. The summed E-state index contributed by atoms with van der Waals surface area (Å²) in [6.07, 6.45) is 3.04. The molecule has 9 nitrogen and oxygen atoms in total. The summed E-state index contributed by atoms with van der Waals surface area (Å²) >= 11 is 0. The van der Waals surface area contributed by atoms with Crippen molar-refractivity contribution in [3.05, 3.63) is 40.7 Å². The predicted molar refractivity (Wildman–Crippen MR) is 79.0 cm³/mol. The van der Waals surface area contributed by atoms with Gasteiger partial charge in [-0.25, -0.2) is 19.6 Å². The van der Waals surface area contributed by atoms with Crippen LogP contribution >= 0.6 is 0 Å². The van der Waals surface area contributed by atoms with Gasteiger partial charge in [0.05, 0.1) is 19.4 Å². The Kier molecular flexibility index (Phi) is 5.64. The quantitative estimate of drug-likeness (QED) is 0.589. The summed E-state index contributed by atoms with van der Waals surface area (Å²) in [5.74, 6) is -0.940. The van der Waals surface area contributed by atoms with Crippen molar-refractivity contribution in [2.45, 2.75) is 0 Å². The second kappa shape index (κ2) is 7.90. The maximum atomic E-state index is 12.0. The SMILES string of the molecule is COCCOc1c(Nc2ncccn2)cc(C(=O)OC)oc1=O.